The van der Waals surface area contributed by atoms with Gasteiger partial charge in [0.05, 0.1) is 18.8 Å². The highest BCUT2D eigenvalue weighted by atomic mass is 35.5. The smallest absolute Gasteiger partial charge is 0.191 e. The van der Waals surface area contributed by atoms with Crippen LogP contribution in [0.25, 0.3) is 0 Å². The number of rotatable bonds is 5. The van der Waals surface area contributed by atoms with Crippen LogP contribution < -0.4 is 10.6 Å². The molecule has 5 heteroatoms. The van der Waals surface area contributed by atoms with Gasteiger partial charge in [0, 0.05) is 17.8 Å². The Morgan fingerprint density at radius 2 is 2.10 bits per heavy atom. The molecule has 0 saturated heterocycles. The molecule has 1 heterocycles. The first-order chi connectivity index (χ1) is 10.3. The topological polar surface area (TPSA) is 49.3 Å². The first kappa shape index (κ1) is 15.3. The predicted molar refractivity (Wildman–Crippen MR) is 87.3 cm³/mol. The Morgan fingerprint density at radius 3 is 2.81 bits per heavy atom. The fourth-order valence-corrected chi connectivity index (χ4v) is 2.04. The number of nitrogens with one attached hydrogen (secondary N) is 2. The molecule has 0 bridgehead atoms. The van der Waals surface area contributed by atoms with Crippen molar-refractivity contribution in [1.82, 2.24) is 15.6 Å². The highest BCUT2D eigenvalue weighted by Crippen LogP contribution is 2.11. The van der Waals surface area contributed by atoms with Crippen LogP contribution >= 0.6 is 11.6 Å². The van der Waals surface area contributed by atoms with E-state index in [1.165, 1.54) is 0 Å². The van der Waals surface area contributed by atoms with Crippen molar-refractivity contribution >= 4 is 17.6 Å². The summed E-state index contributed by atoms with van der Waals surface area (Å²) in [7, 11) is 0. The number of pyridine rings is 1. The molecule has 0 spiro atoms. The van der Waals surface area contributed by atoms with E-state index in [9.17, 15) is 0 Å². The van der Waals surface area contributed by atoms with Gasteiger partial charge >= 0.3 is 0 Å². The molecule has 110 valence electrons. The first-order valence-corrected chi connectivity index (χ1v) is 7.32. The molecule has 0 aliphatic rings. The number of nitrogens with zero attached hydrogens (tertiary/aromatic N) is 2. The second-order valence-electron chi connectivity index (χ2n) is 4.50. The molecular formula is C16H19ClN4. The van der Waals surface area contributed by atoms with Crippen molar-refractivity contribution in [1.29, 1.82) is 0 Å². The summed E-state index contributed by atoms with van der Waals surface area (Å²) >= 11 is 5.97. The summed E-state index contributed by atoms with van der Waals surface area (Å²) < 4.78 is 0. The molecule has 1 aromatic heterocycles. The molecule has 0 atom stereocenters. The molecule has 2 rings (SSSR count). The minimum absolute atomic E-state index is 0.581. The second-order valence-corrected chi connectivity index (χ2v) is 4.94. The molecule has 0 amide bonds. The maximum Gasteiger partial charge on any atom is 0.191 e. The molecule has 2 N–H and O–H groups in total. The van der Waals surface area contributed by atoms with Gasteiger partial charge < -0.3 is 10.6 Å². The zero-order valence-corrected chi connectivity index (χ0v) is 12.8. The summed E-state index contributed by atoms with van der Waals surface area (Å²) in [5, 5.41) is 7.21. The van der Waals surface area contributed by atoms with E-state index in [-0.39, 0.29) is 0 Å². The van der Waals surface area contributed by atoms with Crippen LogP contribution in [0.3, 0.4) is 0 Å². The fourth-order valence-electron chi connectivity index (χ4n) is 1.82. The number of hydrogen-bond donors (Lipinski definition) is 2. The van der Waals surface area contributed by atoms with Crippen LogP contribution in [0.1, 0.15) is 18.2 Å². The maximum absolute atomic E-state index is 5.97. The van der Waals surface area contributed by atoms with Crippen molar-refractivity contribution < 1.29 is 0 Å². The Morgan fingerprint density at radius 1 is 1.19 bits per heavy atom. The third-order valence-corrected chi connectivity index (χ3v) is 3.05. The third-order valence-electron chi connectivity index (χ3n) is 2.82. The zero-order valence-electron chi connectivity index (χ0n) is 12.0. The Balaban J connectivity index is 1.96. The van der Waals surface area contributed by atoms with Gasteiger partial charge in [-0.05, 0) is 36.8 Å². The highest BCUT2D eigenvalue weighted by molar-refractivity contribution is 6.30. The van der Waals surface area contributed by atoms with Crippen LogP contribution in [0.2, 0.25) is 5.02 Å². The number of benzene rings is 1. The van der Waals surface area contributed by atoms with Crippen LogP contribution in [0.5, 0.6) is 0 Å². The van der Waals surface area contributed by atoms with Gasteiger partial charge in [0.15, 0.2) is 5.96 Å². The third kappa shape index (κ3) is 5.44. The van der Waals surface area contributed by atoms with Crippen molar-refractivity contribution in [3.8, 4) is 0 Å². The summed E-state index contributed by atoms with van der Waals surface area (Å²) in [6.07, 6.45) is 1.78. The minimum Gasteiger partial charge on any atom is -0.357 e. The predicted octanol–water partition coefficient (Wildman–Crippen LogP) is 2.99. The van der Waals surface area contributed by atoms with E-state index in [2.05, 4.69) is 20.6 Å². The maximum atomic E-state index is 5.97. The van der Waals surface area contributed by atoms with Gasteiger partial charge in [-0.2, -0.15) is 0 Å². The average molecular weight is 303 g/mol. The number of halogens is 1. The quantitative estimate of drug-likeness (QED) is 0.659. The van der Waals surface area contributed by atoms with E-state index >= 15 is 0 Å². The largest absolute Gasteiger partial charge is 0.357 e. The standard InChI is InChI=1S/C16H19ClN4/c1-2-18-16(21-12-15-8-3-4-9-19-15)20-11-13-6-5-7-14(17)10-13/h3-10H,2,11-12H2,1H3,(H2,18,20,21). The molecular weight excluding hydrogens is 284 g/mol. The lowest BCUT2D eigenvalue weighted by atomic mass is 10.2. The molecule has 0 radical (unpaired) electrons. The Bertz CT molecular complexity index is 584. The Hall–Kier alpha value is -2.07. The number of aromatic nitrogens is 1. The van der Waals surface area contributed by atoms with Crippen LogP contribution in [-0.4, -0.2) is 17.5 Å². The van der Waals surface area contributed by atoms with E-state index in [1.807, 2.05) is 49.4 Å². The number of guanidine groups is 1. The first-order valence-electron chi connectivity index (χ1n) is 6.94. The summed E-state index contributed by atoms with van der Waals surface area (Å²) in [5.74, 6) is 0.767. The normalized spacial score (nSPS) is 11.2. The van der Waals surface area contributed by atoms with Crippen LogP contribution in [0, 0.1) is 0 Å². The Kier molecular flexibility index (Phi) is 6.03. The van der Waals surface area contributed by atoms with E-state index < -0.39 is 0 Å². The lowest BCUT2D eigenvalue weighted by Gasteiger charge is -2.11. The molecule has 0 unspecified atom stereocenters. The molecule has 0 fully saturated rings. The van der Waals surface area contributed by atoms with Gasteiger partial charge in [-0.3, -0.25) is 4.98 Å². The van der Waals surface area contributed by atoms with Gasteiger partial charge in [0.1, 0.15) is 0 Å². The number of hydrogen-bond acceptors (Lipinski definition) is 2. The summed E-state index contributed by atoms with van der Waals surface area (Å²) in [6.45, 7) is 4.07. The molecule has 21 heavy (non-hydrogen) atoms. The summed E-state index contributed by atoms with van der Waals surface area (Å²) in [5.41, 5.74) is 2.06. The van der Waals surface area contributed by atoms with E-state index in [0.29, 0.717) is 13.1 Å². The van der Waals surface area contributed by atoms with Crippen molar-refractivity contribution in [2.45, 2.75) is 20.0 Å². The molecule has 0 aliphatic carbocycles. The molecule has 2 aromatic rings. The lowest BCUT2D eigenvalue weighted by Crippen LogP contribution is -2.36. The SMILES string of the molecule is CCNC(=NCc1cccc(Cl)c1)NCc1ccccn1. The molecule has 1 aromatic carbocycles. The van der Waals surface area contributed by atoms with Crippen molar-refractivity contribution in [3.05, 3.63) is 64.9 Å². The monoisotopic (exact) mass is 302 g/mol. The van der Waals surface area contributed by atoms with Gasteiger partial charge in [0.25, 0.3) is 0 Å². The van der Waals surface area contributed by atoms with Crippen molar-refractivity contribution in [2.24, 2.45) is 4.99 Å². The van der Waals surface area contributed by atoms with E-state index in [0.717, 1.165) is 28.8 Å². The Labute approximate surface area is 130 Å². The average Bonchev–Trinajstić information content (AvgIpc) is 2.51. The van der Waals surface area contributed by atoms with Crippen LogP contribution in [-0.2, 0) is 13.1 Å². The molecule has 0 saturated carbocycles. The summed E-state index contributed by atoms with van der Waals surface area (Å²) in [6, 6.07) is 13.6. The van der Waals surface area contributed by atoms with E-state index in [1.54, 1.807) is 6.20 Å². The second kappa shape index (κ2) is 8.27. The lowest BCUT2D eigenvalue weighted by molar-refractivity contribution is 0.799. The molecule has 4 nitrogen and oxygen atoms in total. The molecule has 0 aliphatic heterocycles. The zero-order chi connectivity index (χ0) is 14.9. The van der Waals surface area contributed by atoms with Gasteiger partial charge in [-0.1, -0.05) is 29.8 Å². The fraction of sp³-hybridized carbons (Fsp3) is 0.250. The van der Waals surface area contributed by atoms with Crippen molar-refractivity contribution in [2.75, 3.05) is 6.54 Å². The van der Waals surface area contributed by atoms with Gasteiger partial charge in [-0.15, -0.1) is 0 Å². The summed E-state index contributed by atoms with van der Waals surface area (Å²) in [4.78, 5) is 8.83. The van der Waals surface area contributed by atoms with Crippen LogP contribution in [0.4, 0.5) is 0 Å². The van der Waals surface area contributed by atoms with E-state index in [4.69, 9.17) is 11.6 Å². The number of aliphatic imine (C=N–C) groups is 1. The minimum atomic E-state index is 0.581. The van der Waals surface area contributed by atoms with Gasteiger partial charge in [-0.25, -0.2) is 4.99 Å². The highest BCUT2D eigenvalue weighted by Gasteiger charge is 1.99. The van der Waals surface area contributed by atoms with Crippen LogP contribution in [0.15, 0.2) is 53.7 Å². The van der Waals surface area contributed by atoms with Gasteiger partial charge in [0.2, 0.25) is 0 Å². The van der Waals surface area contributed by atoms with Crippen molar-refractivity contribution in [3.63, 3.8) is 0 Å².